The number of hydrogen-bond acceptors (Lipinski definition) is 7. The van der Waals surface area contributed by atoms with Gasteiger partial charge in [-0.05, 0) is 42.5 Å². The molecule has 8 nitrogen and oxygen atoms in total. The Kier molecular flexibility index (Phi) is 4.52. The third kappa shape index (κ3) is 3.48. The van der Waals surface area contributed by atoms with E-state index >= 15 is 0 Å². The zero-order valence-corrected chi connectivity index (χ0v) is 11.6. The van der Waals surface area contributed by atoms with E-state index in [0.717, 1.165) is 12.1 Å². The fourth-order valence-electron chi connectivity index (χ4n) is 1.64. The van der Waals surface area contributed by atoms with E-state index in [1.54, 1.807) is 24.3 Å². The molecule has 0 saturated carbocycles. The molecule has 0 aliphatic heterocycles. The summed E-state index contributed by atoms with van der Waals surface area (Å²) >= 11 is 4.48. The summed E-state index contributed by atoms with van der Waals surface area (Å²) in [6.45, 7) is 0. The van der Waals surface area contributed by atoms with Crippen LogP contribution in [0.1, 0.15) is 0 Å². The largest absolute Gasteiger partial charge is 0.457 e. The Morgan fingerprint density at radius 3 is 2.09 bits per heavy atom. The molecule has 0 atom stereocenters. The summed E-state index contributed by atoms with van der Waals surface area (Å²) in [7, 11) is 0. The Morgan fingerprint density at radius 1 is 0.955 bits per heavy atom. The minimum absolute atomic E-state index is 0.114. The van der Waals surface area contributed by atoms with Crippen molar-refractivity contribution in [2.24, 2.45) is 4.99 Å². The quantitative estimate of drug-likeness (QED) is 0.356. The first-order valence-corrected chi connectivity index (χ1v) is 6.20. The van der Waals surface area contributed by atoms with Crippen molar-refractivity contribution in [1.82, 2.24) is 0 Å². The highest BCUT2D eigenvalue weighted by atomic mass is 32.1. The topological polar surface area (TPSA) is 108 Å². The Balaban J connectivity index is 2.29. The highest BCUT2D eigenvalue weighted by molar-refractivity contribution is 7.78. The second-order valence-corrected chi connectivity index (χ2v) is 4.15. The smallest absolute Gasteiger partial charge is 0.349 e. The van der Waals surface area contributed by atoms with Gasteiger partial charge in [-0.2, -0.15) is 4.99 Å². The van der Waals surface area contributed by atoms with Gasteiger partial charge in [0, 0.05) is 6.07 Å². The van der Waals surface area contributed by atoms with Crippen molar-refractivity contribution >= 4 is 34.4 Å². The van der Waals surface area contributed by atoms with Gasteiger partial charge in [0.25, 0.3) is 0 Å². The second-order valence-electron chi connectivity index (χ2n) is 3.96. The summed E-state index contributed by atoms with van der Waals surface area (Å²) in [6.07, 6.45) is 0. The Bertz CT molecular complexity index is 785. The molecule has 0 spiro atoms. The predicted octanol–water partition coefficient (Wildman–Crippen LogP) is 4.03. The molecule has 0 aliphatic rings. The lowest BCUT2D eigenvalue weighted by Gasteiger charge is -2.05. The van der Waals surface area contributed by atoms with E-state index in [1.165, 1.54) is 6.07 Å². The van der Waals surface area contributed by atoms with Crippen molar-refractivity contribution in [3.05, 3.63) is 62.7 Å². The third-order valence-electron chi connectivity index (χ3n) is 2.59. The number of rotatable bonds is 5. The first-order valence-electron chi connectivity index (χ1n) is 5.80. The Hall–Kier alpha value is -3.16. The minimum Gasteiger partial charge on any atom is -0.457 e. The molecule has 22 heavy (non-hydrogen) atoms. The van der Waals surface area contributed by atoms with Gasteiger partial charge in [0.05, 0.1) is 26.8 Å². The monoisotopic (exact) mass is 317 g/mol. The maximum absolute atomic E-state index is 10.9. The molecule has 2 rings (SSSR count). The van der Waals surface area contributed by atoms with E-state index in [1.807, 2.05) is 0 Å². The summed E-state index contributed by atoms with van der Waals surface area (Å²) in [5.74, 6) is 0.509. The fraction of sp³-hybridized carbons (Fsp3) is 0. The van der Waals surface area contributed by atoms with Gasteiger partial charge in [-0.25, -0.2) is 0 Å². The standard InChI is InChI=1S/C13H7N3O5S/c17-15(18)12-6-5-11(7-13(12)16(19)20)21-10-3-1-9(2-4-10)14-8-22/h1-7H. The molecule has 110 valence electrons. The molecule has 0 aliphatic carbocycles. The zero-order valence-electron chi connectivity index (χ0n) is 10.8. The van der Waals surface area contributed by atoms with Gasteiger partial charge in [-0.3, -0.25) is 20.2 Å². The molecule has 9 heteroatoms. The first-order chi connectivity index (χ1) is 10.5. The van der Waals surface area contributed by atoms with Gasteiger partial charge in [-0.15, -0.1) is 0 Å². The van der Waals surface area contributed by atoms with Gasteiger partial charge in [0.15, 0.2) is 0 Å². The SMILES string of the molecule is O=[N+]([O-])c1ccc(Oc2ccc(N=C=S)cc2)cc1[N+](=O)[O-]. The van der Waals surface area contributed by atoms with Crippen molar-refractivity contribution < 1.29 is 14.6 Å². The van der Waals surface area contributed by atoms with Crippen LogP contribution in [0.4, 0.5) is 17.1 Å². The molecule has 0 saturated heterocycles. The summed E-state index contributed by atoms with van der Waals surface area (Å²) < 4.78 is 5.42. The van der Waals surface area contributed by atoms with Crippen LogP contribution < -0.4 is 4.74 Å². The van der Waals surface area contributed by atoms with Crippen LogP contribution in [-0.2, 0) is 0 Å². The Labute approximate surface area is 129 Å². The summed E-state index contributed by atoms with van der Waals surface area (Å²) in [4.78, 5) is 23.7. The van der Waals surface area contributed by atoms with Crippen molar-refractivity contribution in [2.45, 2.75) is 0 Å². The molecule has 0 radical (unpaired) electrons. The van der Waals surface area contributed by atoms with Crippen LogP contribution in [0.2, 0.25) is 0 Å². The van der Waals surface area contributed by atoms with E-state index in [4.69, 9.17) is 4.74 Å². The zero-order chi connectivity index (χ0) is 16.1. The number of ether oxygens (including phenoxy) is 1. The van der Waals surface area contributed by atoms with E-state index in [2.05, 4.69) is 22.4 Å². The average Bonchev–Trinajstić information content (AvgIpc) is 2.49. The molecule has 0 bridgehead atoms. The van der Waals surface area contributed by atoms with E-state index in [9.17, 15) is 20.2 Å². The lowest BCUT2D eigenvalue weighted by Crippen LogP contribution is -1.97. The van der Waals surface area contributed by atoms with Gasteiger partial charge >= 0.3 is 11.4 Å². The second kappa shape index (κ2) is 6.53. The van der Waals surface area contributed by atoms with Gasteiger partial charge in [0.1, 0.15) is 11.5 Å². The molecule has 2 aromatic carbocycles. The molecule has 0 aromatic heterocycles. The number of benzene rings is 2. The van der Waals surface area contributed by atoms with Gasteiger partial charge in [0.2, 0.25) is 0 Å². The minimum atomic E-state index is -0.831. The van der Waals surface area contributed by atoms with Crippen LogP contribution in [0, 0.1) is 20.2 Å². The van der Waals surface area contributed by atoms with Crippen molar-refractivity contribution in [3.8, 4) is 11.5 Å². The number of nitro benzene ring substituents is 2. The van der Waals surface area contributed by atoms with Crippen LogP contribution in [0.5, 0.6) is 11.5 Å². The molecule has 0 fully saturated rings. The van der Waals surface area contributed by atoms with E-state index < -0.39 is 21.2 Å². The number of thiocarbonyl (C=S) groups is 1. The first kappa shape index (κ1) is 15.2. The van der Waals surface area contributed by atoms with E-state index in [-0.39, 0.29) is 5.75 Å². The van der Waals surface area contributed by atoms with Crippen LogP contribution >= 0.6 is 12.2 Å². The number of aliphatic imine (C=N–C) groups is 1. The maximum atomic E-state index is 10.9. The average molecular weight is 317 g/mol. The van der Waals surface area contributed by atoms with Crippen molar-refractivity contribution in [3.63, 3.8) is 0 Å². The third-order valence-corrected chi connectivity index (χ3v) is 2.68. The lowest BCUT2D eigenvalue weighted by molar-refractivity contribution is -0.422. The molecule has 0 N–H and O–H groups in total. The van der Waals surface area contributed by atoms with Crippen LogP contribution in [0.3, 0.4) is 0 Å². The molecule has 0 amide bonds. The molecule has 0 unspecified atom stereocenters. The number of nitrogens with zero attached hydrogens (tertiary/aromatic N) is 3. The summed E-state index contributed by atoms with van der Waals surface area (Å²) in [6, 6.07) is 9.72. The summed E-state index contributed by atoms with van der Waals surface area (Å²) in [5, 5.41) is 23.8. The molecular weight excluding hydrogens is 310 g/mol. The van der Waals surface area contributed by atoms with E-state index in [0.29, 0.717) is 11.4 Å². The fourth-order valence-corrected chi connectivity index (χ4v) is 1.75. The Morgan fingerprint density at radius 2 is 1.55 bits per heavy atom. The van der Waals surface area contributed by atoms with Crippen LogP contribution in [-0.4, -0.2) is 15.0 Å². The van der Waals surface area contributed by atoms with Crippen molar-refractivity contribution in [1.29, 1.82) is 0 Å². The normalized spacial score (nSPS) is 9.64. The van der Waals surface area contributed by atoms with Crippen molar-refractivity contribution in [2.75, 3.05) is 0 Å². The molecule has 0 heterocycles. The highest BCUT2D eigenvalue weighted by Crippen LogP contribution is 2.33. The van der Waals surface area contributed by atoms with Gasteiger partial charge < -0.3 is 4.74 Å². The number of nitro groups is 2. The van der Waals surface area contributed by atoms with Crippen LogP contribution in [0.25, 0.3) is 0 Å². The predicted molar refractivity (Wildman–Crippen MR) is 81.0 cm³/mol. The van der Waals surface area contributed by atoms with Crippen LogP contribution in [0.15, 0.2) is 47.5 Å². The highest BCUT2D eigenvalue weighted by Gasteiger charge is 2.24. The maximum Gasteiger partial charge on any atom is 0.349 e. The molecule has 2 aromatic rings. The van der Waals surface area contributed by atoms with Gasteiger partial charge in [-0.1, -0.05) is 0 Å². The number of isothiocyanates is 1. The number of hydrogen-bond donors (Lipinski definition) is 0. The lowest BCUT2D eigenvalue weighted by atomic mass is 10.2. The summed E-state index contributed by atoms with van der Waals surface area (Å²) in [5.41, 5.74) is -0.649. The molecular formula is C13H7N3O5S.